The molecule has 1 aliphatic carbocycles. The molecule has 120 valence electrons. The number of rotatable bonds is 2. The zero-order valence-corrected chi connectivity index (χ0v) is 14.2. The van der Waals surface area contributed by atoms with Crippen LogP contribution >= 0.6 is 0 Å². The third-order valence-electron chi connectivity index (χ3n) is 4.62. The first kappa shape index (κ1) is 15.6. The number of hydrogen-bond donors (Lipinski definition) is 0. The largest absolute Gasteiger partial charge is 0.448 e. The van der Waals surface area contributed by atoms with Crippen LogP contribution in [0.5, 0.6) is 0 Å². The molecule has 0 unspecified atom stereocenters. The summed E-state index contributed by atoms with van der Waals surface area (Å²) in [5.41, 5.74) is 4.71. The molecule has 3 heteroatoms. The smallest absolute Gasteiger partial charge is 0.409 e. The monoisotopic (exact) mass is 309 g/mol. The Kier molecular flexibility index (Phi) is 3.88. The second kappa shape index (κ2) is 5.73. The van der Waals surface area contributed by atoms with E-state index in [1.54, 1.807) is 11.9 Å². The van der Waals surface area contributed by atoms with Gasteiger partial charge in [-0.05, 0) is 43.0 Å². The summed E-state index contributed by atoms with van der Waals surface area (Å²) in [6, 6.07) is 16.7. The topological polar surface area (TPSA) is 29.5 Å². The Balaban J connectivity index is 1.83. The Labute approximate surface area is 137 Å². The van der Waals surface area contributed by atoms with Crippen LogP contribution in [0, 0.1) is 0 Å². The second-order valence-corrected chi connectivity index (χ2v) is 7.03. The predicted molar refractivity (Wildman–Crippen MR) is 92.6 cm³/mol. The molecule has 3 nitrogen and oxygen atoms in total. The van der Waals surface area contributed by atoms with E-state index in [2.05, 4.69) is 36.4 Å². The van der Waals surface area contributed by atoms with Crippen molar-refractivity contribution in [3.63, 3.8) is 0 Å². The van der Waals surface area contributed by atoms with Gasteiger partial charge in [0.15, 0.2) is 0 Å². The SMILES string of the molecule is CN(C(=O)OCC1c2ccccc2-c2ccccc21)C(C)(C)C. The first-order valence-electron chi connectivity index (χ1n) is 7.98. The Morgan fingerprint density at radius 2 is 1.48 bits per heavy atom. The molecule has 0 saturated carbocycles. The lowest BCUT2D eigenvalue weighted by Crippen LogP contribution is -2.43. The highest BCUT2D eigenvalue weighted by Gasteiger charge is 2.30. The highest BCUT2D eigenvalue weighted by molar-refractivity contribution is 5.79. The van der Waals surface area contributed by atoms with E-state index in [0.29, 0.717) is 6.61 Å². The molecule has 0 aromatic heterocycles. The van der Waals surface area contributed by atoms with Crippen LogP contribution in [0.1, 0.15) is 37.8 Å². The summed E-state index contributed by atoms with van der Waals surface area (Å²) in [4.78, 5) is 13.9. The minimum absolute atomic E-state index is 0.111. The molecule has 0 N–H and O–H groups in total. The molecule has 2 aromatic carbocycles. The zero-order valence-electron chi connectivity index (χ0n) is 14.2. The standard InChI is InChI=1S/C20H23NO2/c1-20(2,3)21(4)19(22)23-13-18-16-11-7-5-9-14(16)15-10-6-8-12-17(15)18/h5-12,18H,13H2,1-4H3. The number of ether oxygens (including phenoxy) is 1. The summed E-state index contributed by atoms with van der Waals surface area (Å²) < 4.78 is 5.61. The molecule has 2 aromatic rings. The minimum atomic E-state index is -0.278. The van der Waals surface area contributed by atoms with Gasteiger partial charge in [-0.2, -0.15) is 0 Å². The molecule has 0 radical (unpaired) electrons. The van der Waals surface area contributed by atoms with Gasteiger partial charge in [0.25, 0.3) is 0 Å². The summed E-state index contributed by atoms with van der Waals surface area (Å²) >= 11 is 0. The third kappa shape index (κ3) is 2.83. The fourth-order valence-electron chi connectivity index (χ4n) is 2.96. The number of benzene rings is 2. The van der Waals surface area contributed by atoms with Gasteiger partial charge < -0.3 is 9.64 Å². The fourth-order valence-corrected chi connectivity index (χ4v) is 2.96. The normalized spacial score (nSPS) is 13.4. The maximum atomic E-state index is 12.3. The van der Waals surface area contributed by atoms with Gasteiger partial charge in [-0.1, -0.05) is 48.5 Å². The summed E-state index contributed by atoms with van der Waals surface area (Å²) in [5.74, 6) is 0.111. The number of carbonyl (C=O) groups is 1. The van der Waals surface area contributed by atoms with Crippen LogP contribution in [0.15, 0.2) is 48.5 Å². The van der Waals surface area contributed by atoms with Crippen LogP contribution in [-0.4, -0.2) is 30.2 Å². The number of hydrogen-bond acceptors (Lipinski definition) is 2. The lowest BCUT2D eigenvalue weighted by atomic mass is 9.98. The maximum Gasteiger partial charge on any atom is 0.409 e. The number of carbonyl (C=O) groups excluding carboxylic acids is 1. The van der Waals surface area contributed by atoms with Crippen molar-refractivity contribution in [3.05, 3.63) is 59.7 Å². The first-order valence-corrected chi connectivity index (χ1v) is 7.98. The third-order valence-corrected chi connectivity index (χ3v) is 4.62. The van der Waals surface area contributed by atoms with Crippen molar-refractivity contribution in [3.8, 4) is 11.1 Å². The van der Waals surface area contributed by atoms with Crippen molar-refractivity contribution in [2.75, 3.05) is 13.7 Å². The summed E-state index contributed by atoms with van der Waals surface area (Å²) in [7, 11) is 1.78. The first-order chi connectivity index (χ1) is 10.9. The van der Waals surface area contributed by atoms with Crippen LogP contribution in [0.25, 0.3) is 11.1 Å². The van der Waals surface area contributed by atoms with Gasteiger partial charge in [0, 0.05) is 18.5 Å². The van der Waals surface area contributed by atoms with Gasteiger partial charge in [-0.3, -0.25) is 0 Å². The van der Waals surface area contributed by atoms with E-state index in [1.165, 1.54) is 22.3 Å². The van der Waals surface area contributed by atoms with Crippen molar-refractivity contribution in [2.45, 2.75) is 32.2 Å². The lowest BCUT2D eigenvalue weighted by molar-refractivity contribution is 0.0792. The van der Waals surface area contributed by atoms with Gasteiger partial charge in [0.05, 0.1) is 0 Å². The van der Waals surface area contributed by atoms with E-state index < -0.39 is 0 Å². The average Bonchev–Trinajstić information content (AvgIpc) is 2.85. The molecule has 0 atom stereocenters. The van der Waals surface area contributed by atoms with Crippen molar-refractivity contribution < 1.29 is 9.53 Å². The van der Waals surface area contributed by atoms with Gasteiger partial charge in [-0.25, -0.2) is 4.79 Å². The second-order valence-electron chi connectivity index (χ2n) is 7.03. The molecular formula is C20H23NO2. The molecular weight excluding hydrogens is 286 g/mol. The number of nitrogens with zero attached hydrogens (tertiary/aromatic N) is 1. The molecule has 0 heterocycles. The summed E-state index contributed by atoms with van der Waals surface area (Å²) in [6.07, 6.45) is -0.278. The Bertz CT molecular complexity index is 685. The molecule has 0 saturated heterocycles. The molecule has 0 aliphatic heterocycles. The average molecular weight is 309 g/mol. The van der Waals surface area contributed by atoms with Crippen LogP contribution in [0.4, 0.5) is 4.79 Å². The van der Waals surface area contributed by atoms with Gasteiger partial charge >= 0.3 is 6.09 Å². The Hall–Kier alpha value is -2.29. The van der Waals surface area contributed by atoms with Crippen molar-refractivity contribution in [2.24, 2.45) is 0 Å². The Morgan fingerprint density at radius 1 is 1.00 bits per heavy atom. The quantitative estimate of drug-likeness (QED) is 0.807. The predicted octanol–water partition coefficient (Wildman–Crippen LogP) is 4.67. The van der Waals surface area contributed by atoms with Crippen LogP contribution < -0.4 is 0 Å². The Morgan fingerprint density at radius 3 is 1.96 bits per heavy atom. The van der Waals surface area contributed by atoms with E-state index in [9.17, 15) is 4.79 Å². The molecule has 1 amide bonds. The number of fused-ring (bicyclic) bond motifs is 3. The van der Waals surface area contributed by atoms with Gasteiger partial charge in [0.2, 0.25) is 0 Å². The van der Waals surface area contributed by atoms with Crippen LogP contribution in [0.3, 0.4) is 0 Å². The van der Waals surface area contributed by atoms with Gasteiger partial charge in [0.1, 0.15) is 6.61 Å². The number of amides is 1. The van der Waals surface area contributed by atoms with Crippen molar-refractivity contribution in [1.29, 1.82) is 0 Å². The van der Waals surface area contributed by atoms with Crippen LogP contribution in [-0.2, 0) is 4.74 Å². The van der Waals surface area contributed by atoms with E-state index in [1.807, 2.05) is 32.9 Å². The summed E-state index contributed by atoms with van der Waals surface area (Å²) in [5, 5.41) is 0. The highest BCUT2D eigenvalue weighted by Crippen LogP contribution is 2.44. The maximum absolute atomic E-state index is 12.3. The molecule has 1 aliphatic rings. The van der Waals surface area contributed by atoms with E-state index in [-0.39, 0.29) is 17.6 Å². The van der Waals surface area contributed by atoms with Crippen molar-refractivity contribution in [1.82, 2.24) is 4.90 Å². The van der Waals surface area contributed by atoms with E-state index in [0.717, 1.165) is 0 Å². The van der Waals surface area contributed by atoms with E-state index >= 15 is 0 Å². The molecule has 3 rings (SSSR count). The molecule has 0 fully saturated rings. The molecule has 0 bridgehead atoms. The summed E-state index contributed by atoms with van der Waals surface area (Å²) in [6.45, 7) is 6.35. The van der Waals surface area contributed by atoms with Crippen molar-refractivity contribution >= 4 is 6.09 Å². The molecule has 0 spiro atoms. The zero-order chi connectivity index (χ0) is 16.6. The van der Waals surface area contributed by atoms with E-state index in [4.69, 9.17) is 4.74 Å². The lowest BCUT2D eigenvalue weighted by Gasteiger charge is -2.31. The highest BCUT2D eigenvalue weighted by atomic mass is 16.6. The minimum Gasteiger partial charge on any atom is -0.448 e. The molecule has 23 heavy (non-hydrogen) atoms. The van der Waals surface area contributed by atoms with Gasteiger partial charge in [-0.15, -0.1) is 0 Å². The van der Waals surface area contributed by atoms with Crippen LogP contribution in [0.2, 0.25) is 0 Å². The fraction of sp³-hybridized carbons (Fsp3) is 0.350.